The maximum atomic E-state index is 12.7. The number of thiazole rings is 1. The summed E-state index contributed by atoms with van der Waals surface area (Å²) in [7, 11) is 0. The standard InChI is InChI=1S/C18H18BrN3O3S/c1-2-14(23)21-13-5-3-12(4-6-13)17(24)22-9-7-18(25,8-10-22)15-16(19)20-11-26-15/h2-6,11,25H,1,7-10H2,(H,21,23). The van der Waals surface area contributed by atoms with Crippen LogP contribution in [0.5, 0.6) is 0 Å². The number of aliphatic hydroxyl groups is 1. The maximum absolute atomic E-state index is 12.7. The number of benzene rings is 1. The molecule has 0 unspecified atom stereocenters. The van der Waals surface area contributed by atoms with Crippen LogP contribution < -0.4 is 5.32 Å². The Morgan fingerprint density at radius 3 is 2.50 bits per heavy atom. The number of hydrogen-bond acceptors (Lipinski definition) is 5. The zero-order valence-electron chi connectivity index (χ0n) is 13.9. The normalized spacial score (nSPS) is 16.2. The fourth-order valence-electron chi connectivity index (χ4n) is 2.91. The molecule has 0 bridgehead atoms. The molecule has 2 N–H and O–H groups in total. The summed E-state index contributed by atoms with van der Waals surface area (Å²) in [5, 5.41) is 13.5. The van der Waals surface area contributed by atoms with Crippen LogP contribution in [0.15, 0.2) is 47.0 Å². The fourth-order valence-corrected chi connectivity index (χ4v) is 4.64. The largest absolute Gasteiger partial charge is 0.384 e. The van der Waals surface area contributed by atoms with E-state index in [2.05, 4.69) is 32.8 Å². The second kappa shape index (κ2) is 7.69. The monoisotopic (exact) mass is 435 g/mol. The summed E-state index contributed by atoms with van der Waals surface area (Å²) < 4.78 is 0.668. The van der Waals surface area contributed by atoms with Crippen LogP contribution in [-0.4, -0.2) is 39.9 Å². The summed E-state index contributed by atoms with van der Waals surface area (Å²) in [6, 6.07) is 6.73. The van der Waals surface area contributed by atoms with Gasteiger partial charge >= 0.3 is 0 Å². The molecule has 0 aliphatic carbocycles. The molecule has 136 valence electrons. The first-order valence-electron chi connectivity index (χ1n) is 8.07. The van der Waals surface area contributed by atoms with Crippen molar-refractivity contribution < 1.29 is 14.7 Å². The van der Waals surface area contributed by atoms with Crippen LogP contribution in [0.2, 0.25) is 0 Å². The first kappa shape index (κ1) is 18.8. The number of nitrogens with one attached hydrogen (secondary N) is 1. The number of aromatic nitrogens is 1. The summed E-state index contributed by atoms with van der Waals surface area (Å²) in [4.78, 5) is 30.7. The summed E-state index contributed by atoms with van der Waals surface area (Å²) >= 11 is 4.79. The summed E-state index contributed by atoms with van der Waals surface area (Å²) in [5.74, 6) is -0.384. The number of hydrogen-bond donors (Lipinski definition) is 2. The maximum Gasteiger partial charge on any atom is 0.253 e. The number of likely N-dealkylation sites (tertiary alicyclic amines) is 1. The molecular formula is C18H18BrN3O3S. The molecule has 1 saturated heterocycles. The molecule has 2 heterocycles. The van der Waals surface area contributed by atoms with Gasteiger partial charge in [-0.05, 0) is 59.1 Å². The Hall–Kier alpha value is -2.03. The van der Waals surface area contributed by atoms with Crippen molar-refractivity contribution >= 4 is 44.8 Å². The lowest BCUT2D eigenvalue weighted by Gasteiger charge is -2.37. The Balaban J connectivity index is 1.64. The Morgan fingerprint density at radius 2 is 1.96 bits per heavy atom. The first-order chi connectivity index (χ1) is 12.4. The molecule has 1 aromatic carbocycles. The Labute approximate surface area is 163 Å². The zero-order chi connectivity index (χ0) is 18.7. The summed E-state index contributed by atoms with van der Waals surface area (Å²) in [6.07, 6.45) is 2.12. The number of rotatable bonds is 4. The third-order valence-corrected chi connectivity index (χ3v) is 6.29. The molecule has 0 radical (unpaired) electrons. The van der Waals surface area contributed by atoms with E-state index < -0.39 is 5.60 Å². The van der Waals surface area contributed by atoms with E-state index in [1.807, 2.05) is 0 Å². The number of nitrogens with zero attached hydrogens (tertiary/aromatic N) is 2. The highest BCUT2D eigenvalue weighted by molar-refractivity contribution is 9.10. The van der Waals surface area contributed by atoms with Crippen molar-refractivity contribution in [2.24, 2.45) is 0 Å². The highest BCUT2D eigenvalue weighted by atomic mass is 79.9. The average Bonchev–Trinajstić information content (AvgIpc) is 3.09. The van der Waals surface area contributed by atoms with Gasteiger partial charge in [0.25, 0.3) is 5.91 Å². The minimum atomic E-state index is -0.949. The van der Waals surface area contributed by atoms with Crippen molar-refractivity contribution in [3.8, 4) is 0 Å². The predicted molar refractivity (Wildman–Crippen MR) is 104 cm³/mol. The second-order valence-electron chi connectivity index (χ2n) is 6.07. The van der Waals surface area contributed by atoms with Crippen molar-refractivity contribution in [1.82, 2.24) is 9.88 Å². The minimum absolute atomic E-state index is 0.0861. The molecule has 2 amide bonds. The van der Waals surface area contributed by atoms with Gasteiger partial charge in [-0.25, -0.2) is 4.98 Å². The van der Waals surface area contributed by atoms with Crippen LogP contribution in [0.4, 0.5) is 5.69 Å². The van der Waals surface area contributed by atoms with Crippen LogP contribution in [0.1, 0.15) is 28.1 Å². The molecule has 0 spiro atoms. The van der Waals surface area contributed by atoms with Gasteiger partial charge < -0.3 is 15.3 Å². The Bertz CT molecular complexity index is 826. The smallest absolute Gasteiger partial charge is 0.253 e. The van der Waals surface area contributed by atoms with Crippen molar-refractivity contribution in [3.63, 3.8) is 0 Å². The molecule has 0 saturated carbocycles. The van der Waals surface area contributed by atoms with E-state index in [1.165, 1.54) is 17.4 Å². The van der Waals surface area contributed by atoms with Crippen LogP contribution in [0, 0.1) is 0 Å². The predicted octanol–water partition coefficient (Wildman–Crippen LogP) is 3.15. The van der Waals surface area contributed by atoms with Gasteiger partial charge in [0.05, 0.1) is 10.4 Å². The Kier molecular flexibility index (Phi) is 5.55. The molecule has 1 aromatic heterocycles. The van der Waals surface area contributed by atoms with E-state index in [1.54, 1.807) is 34.7 Å². The topological polar surface area (TPSA) is 82.5 Å². The summed E-state index contributed by atoms with van der Waals surface area (Å²) in [6.45, 7) is 4.33. The van der Waals surface area contributed by atoms with Gasteiger partial charge in [-0.3, -0.25) is 9.59 Å². The molecular weight excluding hydrogens is 418 g/mol. The highest BCUT2D eigenvalue weighted by Crippen LogP contribution is 2.39. The van der Waals surface area contributed by atoms with Crippen LogP contribution in [0.25, 0.3) is 0 Å². The van der Waals surface area contributed by atoms with Crippen molar-refractivity contribution in [2.45, 2.75) is 18.4 Å². The third kappa shape index (κ3) is 3.87. The van der Waals surface area contributed by atoms with Gasteiger partial charge in [-0.2, -0.15) is 0 Å². The van der Waals surface area contributed by atoms with Crippen molar-refractivity contribution in [1.29, 1.82) is 0 Å². The molecule has 26 heavy (non-hydrogen) atoms. The number of halogens is 1. The van der Waals surface area contributed by atoms with E-state index in [9.17, 15) is 14.7 Å². The van der Waals surface area contributed by atoms with E-state index in [0.717, 1.165) is 4.88 Å². The van der Waals surface area contributed by atoms with Gasteiger partial charge in [0.2, 0.25) is 5.91 Å². The lowest BCUT2D eigenvalue weighted by molar-refractivity contribution is -0.111. The van der Waals surface area contributed by atoms with E-state index in [-0.39, 0.29) is 11.8 Å². The first-order valence-corrected chi connectivity index (χ1v) is 9.75. The quantitative estimate of drug-likeness (QED) is 0.722. The average molecular weight is 436 g/mol. The van der Waals surface area contributed by atoms with Gasteiger partial charge in [0, 0.05) is 24.3 Å². The molecule has 1 fully saturated rings. The van der Waals surface area contributed by atoms with Crippen molar-refractivity contribution in [3.05, 3.63) is 57.5 Å². The SMILES string of the molecule is C=CC(=O)Nc1ccc(C(=O)N2CCC(O)(c3scnc3Br)CC2)cc1. The fraction of sp³-hybridized carbons (Fsp3) is 0.278. The van der Waals surface area contributed by atoms with Gasteiger partial charge in [-0.1, -0.05) is 6.58 Å². The number of amides is 2. The van der Waals surface area contributed by atoms with E-state index in [4.69, 9.17) is 0 Å². The van der Waals surface area contributed by atoms with Crippen molar-refractivity contribution in [2.75, 3.05) is 18.4 Å². The number of carbonyl (C=O) groups is 2. The Morgan fingerprint density at radius 1 is 1.31 bits per heavy atom. The number of carbonyl (C=O) groups excluding carboxylic acids is 2. The molecule has 1 aliphatic heterocycles. The second-order valence-corrected chi connectivity index (χ2v) is 7.67. The minimum Gasteiger partial charge on any atom is -0.384 e. The van der Waals surface area contributed by atoms with Crippen LogP contribution in [0.3, 0.4) is 0 Å². The highest BCUT2D eigenvalue weighted by Gasteiger charge is 2.38. The molecule has 6 nitrogen and oxygen atoms in total. The third-order valence-electron chi connectivity index (χ3n) is 4.41. The number of piperidine rings is 1. The lowest BCUT2D eigenvalue weighted by Crippen LogP contribution is -2.45. The van der Waals surface area contributed by atoms with Crippen LogP contribution >= 0.6 is 27.3 Å². The summed E-state index contributed by atoms with van der Waals surface area (Å²) in [5.41, 5.74) is 1.90. The van der Waals surface area contributed by atoms with Crippen LogP contribution in [-0.2, 0) is 10.4 Å². The van der Waals surface area contributed by atoms with Gasteiger partial charge in [0.15, 0.2) is 0 Å². The zero-order valence-corrected chi connectivity index (χ0v) is 16.3. The molecule has 8 heteroatoms. The molecule has 3 rings (SSSR count). The lowest BCUT2D eigenvalue weighted by atomic mass is 9.90. The van der Waals surface area contributed by atoms with Gasteiger partial charge in [0.1, 0.15) is 10.2 Å². The van der Waals surface area contributed by atoms with Gasteiger partial charge in [-0.15, -0.1) is 11.3 Å². The van der Waals surface area contributed by atoms with E-state index in [0.29, 0.717) is 41.8 Å². The molecule has 0 atom stereocenters. The molecule has 2 aromatic rings. The molecule has 1 aliphatic rings. The van der Waals surface area contributed by atoms with E-state index >= 15 is 0 Å². The number of anilines is 1.